The minimum Gasteiger partial charge on any atom is -0.475 e. The summed E-state index contributed by atoms with van der Waals surface area (Å²) >= 11 is 6.68. The molecule has 0 saturated carbocycles. The number of halogens is 5. The normalized spacial score (nSPS) is 21.3. The van der Waals surface area contributed by atoms with Crippen LogP contribution in [0.4, 0.5) is 13.2 Å². The number of aromatic amines is 1. The highest BCUT2D eigenvalue weighted by Gasteiger charge is 2.38. The van der Waals surface area contributed by atoms with E-state index in [1.807, 2.05) is 12.2 Å². The van der Waals surface area contributed by atoms with Crippen molar-refractivity contribution in [3.8, 4) is 0 Å². The summed E-state index contributed by atoms with van der Waals surface area (Å²) < 4.78 is 33.3. The van der Waals surface area contributed by atoms with Gasteiger partial charge in [-0.2, -0.15) is 13.2 Å². The average Bonchev–Trinajstić information content (AvgIpc) is 3.07. The number of nitrogens with two attached hydrogens (primary N) is 1. The molecule has 1 aromatic heterocycles. The number of amides is 1. The maximum absolute atomic E-state index is 12.5. The first-order valence-electron chi connectivity index (χ1n) is 6.92. The minimum atomic E-state index is -5.08. The van der Waals surface area contributed by atoms with Crippen molar-refractivity contribution in [2.45, 2.75) is 18.4 Å². The van der Waals surface area contributed by atoms with E-state index in [1.54, 1.807) is 11.0 Å². The average molecular weight is 503 g/mol. The molecular weight excluding hydrogens is 491 g/mol. The van der Waals surface area contributed by atoms with Gasteiger partial charge in [-0.3, -0.25) is 4.79 Å². The summed E-state index contributed by atoms with van der Waals surface area (Å²) in [5, 5.41) is 10.2. The van der Waals surface area contributed by atoms with Crippen LogP contribution < -0.4 is 11.1 Å². The van der Waals surface area contributed by atoms with E-state index in [0.717, 1.165) is 9.08 Å². The molecule has 26 heavy (non-hydrogen) atoms. The quantitative estimate of drug-likeness (QED) is 0.436. The van der Waals surface area contributed by atoms with Crippen LogP contribution in [-0.4, -0.2) is 57.8 Å². The third-order valence-electron chi connectivity index (χ3n) is 3.33. The Labute approximate surface area is 161 Å². The Morgan fingerprint density at radius 3 is 2.50 bits per heavy atom. The molecule has 0 bridgehead atoms. The van der Waals surface area contributed by atoms with Crippen molar-refractivity contribution in [1.82, 2.24) is 15.2 Å². The highest BCUT2D eigenvalue weighted by atomic mass is 79.9. The molecule has 8 nitrogen and oxygen atoms in total. The number of aliphatic carboxylic acids is 1. The first-order valence-corrected chi connectivity index (χ1v) is 8.51. The number of carbonyl (C=O) groups is 2. The fourth-order valence-corrected chi connectivity index (χ4v) is 2.88. The van der Waals surface area contributed by atoms with Crippen LogP contribution in [0.15, 0.2) is 32.3 Å². The predicted octanol–water partition coefficient (Wildman–Crippen LogP) is 1.80. The molecule has 142 valence electrons. The number of hydrogen-bond acceptors (Lipinski definition) is 5. The Morgan fingerprint density at radius 1 is 1.38 bits per heavy atom. The molecule has 2 aliphatic rings. The molecular formula is C13H12Br2F3N5O3. The van der Waals surface area contributed by atoms with Gasteiger partial charge in [-0.15, -0.1) is 0 Å². The number of aliphatic imine (C=N–C) groups is 1. The Morgan fingerprint density at radius 2 is 2.00 bits per heavy atom. The van der Waals surface area contributed by atoms with Crippen LogP contribution in [0.3, 0.4) is 0 Å². The van der Waals surface area contributed by atoms with E-state index in [-0.39, 0.29) is 18.1 Å². The zero-order valence-corrected chi connectivity index (χ0v) is 15.9. The van der Waals surface area contributed by atoms with Crippen LogP contribution in [0.1, 0.15) is 10.5 Å². The number of carboxylic acids is 1. The van der Waals surface area contributed by atoms with E-state index in [1.165, 1.54) is 0 Å². The number of rotatable bonds is 1. The Bertz CT molecular complexity index is 758. The number of carbonyl (C=O) groups excluding carboxylic acids is 1. The summed E-state index contributed by atoms with van der Waals surface area (Å²) in [6, 6.07) is 1.70. The van der Waals surface area contributed by atoms with Crippen molar-refractivity contribution < 1.29 is 27.9 Å². The molecule has 13 heteroatoms. The Hall–Kier alpha value is -2.02. The molecule has 1 aromatic rings. The van der Waals surface area contributed by atoms with Crippen molar-refractivity contribution in [2.75, 3.05) is 6.54 Å². The monoisotopic (exact) mass is 501 g/mol. The molecule has 5 N–H and O–H groups in total. The summed E-state index contributed by atoms with van der Waals surface area (Å²) in [4.78, 5) is 30.3. The van der Waals surface area contributed by atoms with Crippen LogP contribution in [0.2, 0.25) is 0 Å². The fourth-order valence-electron chi connectivity index (χ4n) is 2.22. The van der Waals surface area contributed by atoms with Gasteiger partial charge in [0.05, 0.1) is 15.1 Å². The zero-order chi connectivity index (χ0) is 19.6. The largest absolute Gasteiger partial charge is 0.490 e. The number of nitrogens with zero attached hydrogens (tertiary/aromatic N) is 2. The molecule has 0 fully saturated rings. The Kier molecular flexibility index (Phi) is 6.01. The van der Waals surface area contributed by atoms with Gasteiger partial charge in [0.1, 0.15) is 5.69 Å². The molecule has 0 aromatic carbocycles. The SMILES string of the molecule is NC1=NC2C(C=CCN2C(=O)c2cc(Br)c(Br)[nH]2)N1.O=C(O)C(F)(F)F. The minimum absolute atomic E-state index is 0.0421. The number of hydrogen-bond donors (Lipinski definition) is 4. The molecule has 2 unspecified atom stereocenters. The highest BCUT2D eigenvalue weighted by Crippen LogP contribution is 2.26. The lowest BCUT2D eigenvalue weighted by molar-refractivity contribution is -0.192. The smallest absolute Gasteiger partial charge is 0.475 e. The van der Waals surface area contributed by atoms with Gasteiger partial charge >= 0.3 is 12.1 Å². The zero-order valence-electron chi connectivity index (χ0n) is 12.7. The number of carboxylic acid groups (broad SMARTS) is 1. The van der Waals surface area contributed by atoms with Crippen molar-refractivity contribution in [2.24, 2.45) is 10.7 Å². The summed E-state index contributed by atoms with van der Waals surface area (Å²) in [5.41, 5.74) is 6.18. The van der Waals surface area contributed by atoms with Gasteiger partial charge in [-0.05, 0) is 37.9 Å². The summed E-state index contributed by atoms with van der Waals surface area (Å²) in [6.07, 6.45) is -1.44. The first-order chi connectivity index (χ1) is 12.0. The summed E-state index contributed by atoms with van der Waals surface area (Å²) in [7, 11) is 0. The second kappa shape index (κ2) is 7.70. The highest BCUT2D eigenvalue weighted by molar-refractivity contribution is 9.13. The standard InChI is InChI=1S/C11H11Br2N5O.C2HF3O2/c12-5-4-7(15-8(5)13)10(19)18-3-1-2-6-9(18)17-11(14)16-6;3-2(4,5)1(6)7/h1-2,4,6,9,15H,3H2,(H3,14,16,17);(H,6,7). The Balaban J connectivity index is 0.000000298. The topological polar surface area (TPSA) is 124 Å². The van der Waals surface area contributed by atoms with Crippen LogP contribution in [-0.2, 0) is 4.79 Å². The number of H-pyrrole nitrogens is 1. The molecule has 3 heterocycles. The van der Waals surface area contributed by atoms with Gasteiger partial charge in [0.2, 0.25) is 0 Å². The summed E-state index contributed by atoms with van der Waals surface area (Å²) in [6.45, 7) is 0.521. The van der Waals surface area contributed by atoms with Gasteiger partial charge in [0.25, 0.3) is 5.91 Å². The van der Waals surface area contributed by atoms with E-state index in [4.69, 9.17) is 15.6 Å². The molecule has 1 amide bonds. The van der Waals surface area contributed by atoms with Crippen molar-refractivity contribution >= 4 is 49.7 Å². The maximum atomic E-state index is 12.5. The van der Waals surface area contributed by atoms with E-state index >= 15 is 0 Å². The van der Waals surface area contributed by atoms with Gasteiger partial charge < -0.3 is 26.0 Å². The predicted molar refractivity (Wildman–Crippen MR) is 92.4 cm³/mol. The molecule has 0 saturated heterocycles. The number of nitrogens with one attached hydrogen (secondary N) is 2. The van der Waals surface area contributed by atoms with Crippen LogP contribution in [0.25, 0.3) is 0 Å². The van der Waals surface area contributed by atoms with E-state index in [0.29, 0.717) is 18.2 Å². The summed E-state index contributed by atoms with van der Waals surface area (Å²) in [5.74, 6) is -2.49. The van der Waals surface area contributed by atoms with Gasteiger partial charge in [0, 0.05) is 6.54 Å². The molecule has 2 atom stereocenters. The lowest BCUT2D eigenvalue weighted by Gasteiger charge is -2.31. The van der Waals surface area contributed by atoms with E-state index < -0.39 is 12.1 Å². The number of aromatic nitrogens is 1. The molecule has 0 radical (unpaired) electrons. The van der Waals surface area contributed by atoms with Crippen LogP contribution in [0, 0.1) is 0 Å². The second-order valence-electron chi connectivity index (χ2n) is 5.13. The second-order valence-corrected chi connectivity index (χ2v) is 6.78. The first kappa shape index (κ1) is 20.3. The van der Waals surface area contributed by atoms with Gasteiger partial charge in [0.15, 0.2) is 12.1 Å². The van der Waals surface area contributed by atoms with Crippen molar-refractivity contribution in [3.63, 3.8) is 0 Å². The third-order valence-corrected chi connectivity index (χ3v) is 5.11. The lowest BCUT2D eigenvalue weighted by Crippen LogP contribution is -2.49. The molecule has 0 spiro atoms. The number of fused-ring (bicyclic) bond motifs is 1. The number of alkyl halides is 3. The van der Waals surface area contributed by atoms with Crippen molar-refractivity contribution in [1.29, 1.82) is 0 Å². The maximum Gasteiger partial charge on any atom is 0.490 e. The molecule has 0 aliphatic carbocycles. The van der Waals surface area contributed by atoms with E-state index in [9.17, 15) is 18.0 Å². The fraction of sp³-hybridized carbons (Fsp3) is 0.308. The molecule has 3 rings (SSSR count). The van der Waals surface area contributed by atoms with Gasteiger partial charge in [-0.25, -0.2) is 9.79 Å². The third kappa shape index (κ3) is 4.58. The van der Waals surface area contributed by atoms with Crippen LogP contribution >= 0.6 is 31.9 Å². The number of guanidine groups is 1. The van der Waals surface area contributed by atoms with E-state index in [2.05, 4.69) is 47.2 Å². The van der Waals surface area contributed by atoms with Crippen LogP contribution in [0.5, 0.6) is 0 Å². The van der Waals surface area contributed by atoms with Gasteiger partial charge in [-0.1, -0.05) is 12.2 Å². The lowest BCUT2D eigenvalue weighted by atomic mass is 10.1. The molecule has 2 aliphatic heterocycles. The van der Waals surface area contributed by atoms with Crippen molar-refractivity contribution in [3.05, 3.63) is 33.0 Å².